The fourth-order valence-electron chi connectivity index (χ4n) is 2.89. The minimum atomic E-state index is -3.02. The van der Waals surface area contributed by atoms with E-state index >= 15 is 0 Å². The number of rotatable bonds is 5. The molecule has 0 radical (unpaired) electrons. The SMILES string of the molecule is CC(Sc1nnc(C2CCS(=O)(=O)C2)n1C)C(=O)NC(=O)Nc1ccccc1. The van der Waals surface area contributed by atoms with E-state index in [9.17, 15) is 18.0 Å². The molecule has 1 aromatic carbocycles. The summed E-state index contributed by atoms with van der Waals surface area (Å²) in [5.74, 6) is 0.170. The van der Waals surface area contributed by atoms with E-state index in [4.69, 9.17) is 0 Å². The summed E-state index contributed by atoms with van der Waals surface area (Å²) in [5, 5.41) is 13.0. The number of carbonyl (C=O) groups is 2. The van der Waals surface area contributed by atoms with Crippen molar-refractivity contribution in [1.29, 1.82) is 0 Å². The van der Waals surface area contributed by atoms with E-state index in [0.29, 0.717) is 23.1 Å². The molecule has 2 heterocycles. The van der Waals surface area contributed by atoms with Crippen LogP contribution in [0.25, 0.3) is 0 Å². The molecule has 1 aliphatic heterocycles. The van der Waals surface area contributed by atoms with E-state index in [2.05, 4.69) is 20.8 Å². The number of para-hydroxylation sites is 1. The van der Waals surface area contributed by atoms with E-state index in [1.54, 1.807) is 42.8 Å². The molecule has 1 aromatic heterocycles. The first-order valence-electron chi connectivity index (χ1n) is 8.68. The summed E-state index contributed by atoms with van der Waals surface area (Å²) in [6.07, 6.45) is 0.522. The molecule has 2 unspecified atom stereocenters. The number of sulfone groups is 1. The summed E-state index contributed by atoms with van der Waals surface area (Å²) in [5.41, 5.74) is 0.581. The number of thioether (sulfide) groups is 1. The predicted octanol–water partition coefficient (Wildman–Crippen LogP) is 1.55. The highest BCUT2D eigenvalue weighted by Gasteiger charge is 2.33. The van der Waals surface area contributed by atoms with Crippen molar-refractivity contribution in [3.63, 3.8) is 0 Å². The fourth-order valence-corrected chi connectivity index (χ4v) is 5.45. The van der Waals surface area contributed by atoms with Crippen LogP contribution in [-0.4, -0.2) is 51.9 Å². The topological polar surface area (TPSA) is 123 Å². The van der Waals surface area contributed by atoms with Crippen LogP contribution in [0.15, 0.2) is 35.5 Å². The van der Waals surface area contributed by atoms with Crippen LogP contribution in [0.5, 0.6) is 0 Å². The van der Waals surface area contributed by atoms with Gasteiger partial charge in [0.05, 0.1) is 16.8 Å². The number of carbonyl (C=O) groups excluding carboxylic acids is 2. The van der Waals surface area contributed by atoms with Crippen molar-refractivity contribution in [2.75, 3.05) is 16.8 Å². The second-order valence-electron chi connectivity index (χ2n) is 6.57. The number of amides is 3. The molecule has 3 amide bonds. The maximum atomic E-state index is 12.3. The van der Waals surface area contributed by atoms with E-state index in [1.807, 2.05) is 6.07 Å². The van der Waals surface area contributed by atoms with Crippen LogP contribution in [0.3, 0.4) is 0 Å². The third-order valence-corrected chi connectivity index (χ3v) is 7.29. The Morgan fingerprint density at radius 1 is 1.25 bits per heavy atom. The van der Waals surface area contributed by atoms with Gasteiger partial charge in [0.15, 0.2) is 15.0 Å². The van der Waals surface area contributed by atoms with Gasteiger partial charge in [-0.25, -0.2) is 13.2 Å². The zero-order chi connectivity index (χ0) is 20.3. The number of nitrogens with zero attached hydrogens (tertiary/aromatic N) is 3. The lowest BCUT2D eigenvalue weighted by atomic mass is 10.1. The van der Waals surface area contributed by atoms with Gasteiger partial charge >= 0.3 is 6.03 Å². The Morgan fingerprint density at radius 3 is 2.61 bits per heavy atom. The van der Waals surface area contributed by atoms with E-state index in [-0.39, 0.29) is 17.4 Å². The smallest absolute Gasteiger partial charge is 0.309 e. The molecule has 0 spiro atoms. The molecule has 1 aliphatic rings. The van der Waals surface area contributed by atoms with Crippen molar-refractivity contribution in [3.8, 4) is 0 Å². The number of hydrogen-bond acceptors (Lipinski definition) is 7. The average molecular weight is 424 g/mol. The zero-order valence-corrected chi connectivity index (χ0v) is 17.1. The van der Waals surface area contributed by atoms with Gasteiger partial charge in [-0.1, -0.05) is 30.0 Å². The molecule has 0 saturated carbocycles. The van der Waals surface area contributed by atoms with Gasteiger partial charge < -0.3 is 9.88 Å². The molecule has 2 N–H and O–H groups in total. The highest BCUT2D eigenvalue weighted by Crippen LogP contribution is 2.30. The van der Waals surface area contributed by atoms with E-state index in [1.165, 1.54) is 0 Å². The van der Waals surface area contributed by atoms with Crippen molar-refractivity contribution in [2.45, 2.75) is 29.7 Å². The van der Waals surface area contributed by atoms with Gasteiger partial charge in [0.2, 0.25) is 5.91 Å². The third kappa shape index (κ3) is 4.90. The van der Waals surface area contributed by atoms with Crippen LogP contribution >= 0.6 is 11.8 Å². The number of anilines is 1. The normalized spacial score (nSPS) is 19.1. The van der Waals surface area contributed by atoms with E-state index in [0.717, 1.165) is 11.8 Å². The molecule has 11 heteroatoms. The van der Waals surface area contributed by atoms with Crippen LogP contribution in [0, 0.1) is 0 Å². The first kappa shape index (κ1) is 20.3. The van der Waals surface area contributed by atoms with Crippen LogP contribution < -0.4 is 10.6 Å². The van der Waals surface area contributed by atoms with Gasteiger partial charge in [-0.3, -0.25) is 10.1 Å². The number of urea groups is 1. The Balaban J connectivity index is 1.58. The van der Waals surface area contributed by atoms with Crippen LogP contribution in [0.4, 0.5) is 10.5 Å². The fraction of sp³-hybridized carbons (Fsp3) is 0.412. The van der Waals surface area contributed by atoms with Gasteiger partial charge in [-0.2, -0.15) is 0 Å². The second-order valence-corrected chi connectivity index (χ2v) is 10.1. The standard InChI is InChI=1S/C17H21N5O4S2/c1-11(15(23)19-16(24)18-13-6-4-3-5-7-13)27-17-21-20-14(22(17)2)12-8-9-28(25,26)10-12/h3-7,11-12H,8-10H2,1-2H3,(H2,18,19,23,24). The summed E-state index contributed by atoms with van der Waals surface area (Å²) >= 11 is 1.15. The summed E-state index contributed by atoms with van der Waals surface area (Å²) < 4.78 is 25.1. The first-order chi connectivity index (χ1) is 13.2. The molecule has 3 rings (SSSR count). The summed E-state index contributed by atoms with van der Waals surface area (Å²) in [6.45, 7) is 1.66. The average Bonchev–Trinajstić information content (AvgIpc) is 3.18. The van der Waals surface area contributed by atoms with Crippen molar-refractivity contribution in [3.05, 3.63) is 36.2 Å². The number of hydrogen-bond donors (Lipinski definition) is 2. The minimum absolute atomic E-state index is 0.0688. The molecular weight excluding hydrogens is 402 g/mol. The molecule has 0 bridgehead atoms. The number of aromatic nitrogens is 3. The highest BCUT2D eigenvalue weighted by molar-refractivity contribution is 8.00. The van der Waals surface area contributed by atoms with Crippen molar-refractivity contribution < 1.29 is 18.0 Å². The quantitative estimate of drug-likeness (QED) is 0.699. The zero-order valence-electron chi connectivity index (χ0n) is 15.5. The molecule has 28 heavy (non-hydrogen) atoms. The number of benzene rings is 1. The third-order valence-electron chi connectivity index (χ3n) is 4.39. The molecule has 2 atom stereocenters. The van der Waals surface area contributed by atoms with Gasteiger partial charge in [0.1, 0.15) is 5.82 Å². The molecule has 1 fully saturated rings. The maximum absolute atomic E-state index is 12.3. The molecule has 2 aromatic rings. The Morgan fingerprint density at radius 2 is 1.96 bits per heavy atom. The van der Waals surface area contributed by atoms with Crippen LogP contribution in [0.2, 0.25) is 0 Å². The molecule has 150 valence electrons. The largest absolute Gasteiger partial charge is 0.325 e. The molecule has 9 nitrogen and oxygen atoms in total. The van der Waals surface area contributed by atoms with Gasteiger partial charge in [-0.05, 0) is 25.5 Å². The highest BCUT2D eigenvalue weighted by atomic mass is 32.2. The molecule has 1 saturated heterocycles. The Labute approximate surface area is 167 Å². The van der Waals surface area contributed by atoms with Crippen molar-refractivity contribution in [2.24, 2.45) is 7.05 Å². The van der Waals surface area contributed by atoms with E-state index < -0.39 is 27.0 Å². The predicted molar refractivity (Wildman–Crippen MR) is 106 cm³/mol. The lowest BCUT2D eigenvalue weighted by molar-refractivity contribution is -0.119. The second kappa shape index (κ2) is 8.31. The summed E-state index contributed by atoms with van der Waals surface area (Å²) in [7, 11) is -1.28. The number of imide groups is 1. The monoisotopic (exact) mass is 423 g/mol. The Kier molecular flexibility index (Phi) is 6.04. The first-order valence-corrected chi connectivity index (χ1v) is 11.4. The van der Waals surface area contributed by atoms with Crippen molar-refractivity contribution >= 4 is 39.2 Å². The Bertz CT molecular complexity index is 975. The number of nitrogens with one attached hydrogen (secondary N) is 2. The molecule has 0 aliphatic carbocycles. The lowest BCUT2D eigenvalue weighted by Crippen LogP contribution is -2.38. The van der Waals surface area contributed by atoms with Gasteiger partial charge in [0, 0.05) is 18.7 Å². The molecular formula is C17H21N5O4S2. The minimum Gasteiger partial charge on any atom is -0.309 e. The lowest BCUT2D eigenvalue weighted by Gasteiger charge is -2.12. The van der Waals surface area contributed by atoms with Gasteiger partial charge in [0.25, 0.3) is 0 Å². The summed E-state index contributed by atoms with van der Waals surface area (Å²) in [6, 6.07) is 8.19. The van der Waals surface area contributed by atoms with Crippen LogP contribution in [0.1, 0.15) is 25.1 Å². The van der Waals surface area contributed by atoms with Crippen molar-refractivity contribution in [1.82, 2.24) is 20.1 Å². The maximum Gasteiger partial charge on any atom is 0.325 e. The van der Waals surface area contributed by atoms with Gasteiger partial charge in [-0.15, -0.1) is 10.2 Å². The Hall–Kier alpha value is -2.40. The summed E-state index contributed by atoms with van der Waals surface area (Å²) in [4.78, 5) is 24.2. The van der Waals surface area contributed by atoms with Crippen LogP contribution in [-0.2, 0) is 21.7 Å².